The van der Waals surface area contributed by atoms with Crippen LogP contribution in [0.1, 0.15) is 11.1 Å². The van der Waals surface area contributed by atoms with Gasteiger partial charge in [-0.15, -0.1) is 0 Å². The Labute approximate surface area is 130 Å². The molecule has 5 heteroatoms. The number of sulfonamides is 1. The van der Waals surface area contributed by atoms with E-state index in [4.69, 9.17) is 0 Å². The Balaban J connectivity index is 1.87. The molecule has 2 aromatic carbocycles. The quantitative estimate of drug-likeness (QED) is 0.628. The fourth-order valence-corrected chi connectivity index (χ4v) is 4.32. The van der Waals surface area contributed by atoms with Crippen molar-refractivity contribution in [2.24, 2.45) is 0 Å². The predicted octanol–water partition coefficient (Wildman–Crippen LogP) is 2.18. The lowest BCUT2D eigenvalue weighted by Gasteiger charge is -2.12. The molecule has 0 bridgehead atoms. The molecule has 0 spiro atoms. The summed E-state index contributed by atoms with van der Waals surface area (Å²) in [7, 11) is -3.62. The van der Waals surface area contributed by atoms with Gasteiger partial charge in [0, 0.05) is 6.54 Å². The second kappa shape index (κ2) is 5.34. The van der Waals surface area contributed by atoms with E-state index in [1.165, 1.54) is 4.31 Å². The van der Waals surface area contributed by atoms with Gasteiger partial charge in [0.25, 0.3) is 0 Å². The van der Waals surface area contributed by atoms with Crippen LogP contribution in [-0.2, 0) is 21.2 Å². The van der Waals surface area contributed by atoms with Gasteiger partial charge in [0.05, 0.1) is 4.90 Å². The highest BCUT2D eigenvalue weighted by molar-refractivity contribution is 7.89. The van der Waals surface area contributed by atoms with Crippen LogP contribution in [0.2, 0.25) is 0 Å². The minimum Gasteiger partial charge on any atom is -0.301 e. The molecule has 3 rings (SSSR count). The van der Waals surface area contributed by atoms with Crippen LogP contribution >= 0.6 is 0 Å². The van der Waals surface area contributed by atoms with Crippen molar-refractivity contribution in [3.8, 4) is 0 Å². The highest BCUT2D eigenvalue weighted by atomic mass is 32.2. The van der Waals surface area contributed by atoms with Crippen LogP contribution in [0.3, 0.4) is 0 Å². The van der Waals surface area contributed by atoms with Crippen molar-refractivity contribution in [1.29, 1.82) is 0 Å². The number of carbonyl (C=O) groups is 1. The van der Waals surface area contributed by atoms with Crippen LogP contribution in [-0.4, -0.2) is 31.1 Å². The molecule has 2 aromatic rings. The Morgan fingerprint density at radius 2 is 1.73 bits per heavy atom. The fourth-order valence-electron chi connectivity index (χ4n) is 2.61. The van der Waals surface area contributed by atoms with Crippen LogP contribution in [0.5, 0.6) is 0 Å². The van der Waals surface area contributed by atoms with Gasteiger partial charge in [0.2, 0.25) is 10.0 Å². The summed E-state index contributed by atoms with van der Waals surface area (Å²) in [6.45, 7) is 2.14. The van der Waals surface area contributed by atoms with Crippen LogP contribution in [0.4, 0.5) is 0 Å². The van der Waals surface area contributed by atoms with Gasteiger partial charge >= 0.3 is 0 Å². The summed E-state index contributed by atoms with van der Waals surface area (Å²) < 4.78 is 26.6. The highest BCUT2D eigenvalue weighted by Gasteiger charge is 2.59. The molecule has 0 aromatic heterocycles. The van der Waals surface area contributed by atoms with Crippen molar-refractivity contribution >= 4 is 16.3 Å². The Kier molecular flexibility index (Phi) is 3.62. The molecule has 1 fully saturated rings. The van der Waals surface area contributed by atoms with Crippen LogP contribution in [0, 0.1) is 6.92 Å². The molecular formula is C17H17NO3S. The summed E-state index contributed by atoms with van der Waals surface area (Å²) in [6, 6.07) is 16.2. The van der Waals surface area contributed by atoms with E-state index >= 15 is 0 Å². The highest BCUT2D eigenvalue weighted by Crippen LogP contribution is 2.39. The Bertz CT molecular complexity index is 784. The molecule has 1 heterocycles. The SMILES string of the molecule is Cc1ccc(S(=O)(=O)N2C[C@]2(C=O)Cc2ccccc2)cc1. The van der Waals surface area contributed by atoms with E-state index in [0.717, 1.165) is 17.4 Å². The van der Waals surface area contributed by atoms with Gasteiger partial charge in [-0.3, -0.25) is 0 Å². The van der Waals surface area contributed by atoms with Crippen molar-refractivity contribution in [3.05, 3.63) is 65.7 Å². The molecule has 0 radical (unpaired) electrons. The molecule has 0 amide bonds. The number of benzene rings is 2. The topological polar surface area (TPSA) is 54.2 Å². The van der Waals surface area contributed by atoms with Gasteiger partial charge in [0.1, 0.15) is 11.8 Å². The van der Waals surface area contributed by atoms with Crippen molar-refractivity contribution in [3.63, 3.8) is 0 Å². The summed E-state index contributed by atoms with van der Waals surface area (Å²) in [5.41, 5.74) is 1.01. The zero-order chi connectivity index (χ0) is 15.8. The lowest BCUT2D eigenvalue weighted by Crippen LogP contribution is -2.27. The van der Waals surface area contributed by atoms with E-state index in [0.29, 0.717) is 6.42 Å². The summed E-state index contributed by atoms with van der Waals surface area (Å²) in [6.07, 6.45) is 1.16. The summed E-state index contributed by atoms with van der Waals surface area (Å²) in [5.74, 6) is 0. The largest absolute Gasteiger partial charge is 0.301 e. The van der Waals surface area contributed by atoms with Gasteiger partial charge in [-0.25, -0.2) is 8.42 Å². The number of hydrogen-bond donors (Lipinski definition) is 0. The van der Waals surface area contributed by atoms with E-state index in [-0.39, 0.29) is 11.4 Å². The maximum atomic E-state index is 12.6. The lowest BCUT2D eigenvalue weighted by molar-refractivity contribution is -0.110. The lowest BCUT2D eigenvalue weighted by atomic mass is 10.0. The van der Waals surface area contributed by atoms with Gasteiger partial charge in [-0.1, -0.05) is 48.0 Å². The molecule has 1 unspecified atom stereocenters. The average molecular weight is 315 g/mol. The fraction of sp³-hybridized carbons (Fsp3) is 0.235. The Morgan fingerprint density at radius 3 is 2.32 bits per heavy atom. The van der Waals surface area contributed by atoms with Gasteiger partial charge < -0.3 is 4.79 Å². The normalized spacial score (nSPS) is 24.0. The smallest absolute Gasteiger partial charge is 0.244 e. The van der Waals surface area contributed by atoms with Crippen LogP contribution in [0.25, 0.3) is 0 Å². The number of hydrogen-bond acceptors (Lipinski definition) is 3. The van der Waals surface area contributed by atoms with Crippen molar-refractivity contribution in [1.82, 2.24) is 4.31 Å². The maximum Gasteiger partial charge on any atom is 0.244 e. The summed E-state index contributed by atoms with van der Waals surface area (Å²) >= 11 is 0. The summed E-state index contributed by atoms with van der Waals surface area (Å²) in [5, 5.41) is 0. The van der Waals surface area contributed by atoms with Gasteiger partial charge in [0.15, 0.2) is 0 Å². The molecule has 2 atom stereocenters. The second-order valence-corrected chi connectivity index (χ2v) is 7.57. The van der Waals surface area contributed by atoms with Gasteiger partial charge in [-0.05, 0) is 31.0 Å². The monoisotopic (exact) mass is 315 g/mol. The standard InChI is InChI=1S/C17H17NO3S/c1-14-7-9-16(10-8-14)22(20,21)18-12-17(18,13-19)11-15-5-3-2-4-6-15/h2-10,13H,11-12H2,1H3/t17-,18?/m0/s1. The third-order valence-corrected chi connectivity index (χ3v) is 5.93. The number of rotatable bonds is 5. The van der Waals surface area contributed by atoms with E-state index in [9.17, 15) is 13.2 Å². The first-order chi connectivity index (χ1) is 10.5. The van der Waals surface area contributed by atoms with Crippen molar-refractivity contribution < 1.29 is 13.2 Å². The first-order valence-corrected chi connectivity index (χ1v) is 8.52. The molecule has 4 nitrogen and oxygen atoms in total. The first-order valence-electron chi connectivity index (χ1n) is 7.08. The molecule has 1 aliphatic heterocycles. The Hall–Kier alpha value is -1.98. The molecule has 0 saturated carbocycles. The van der Waals surface area contributed by atoms with E-state index in [1.54, 1.807) is 24.3 Å². The minimum atomic E-state index is -3.62. The molecule has 22 heavy (non-hydrogen) atoms. The third kappa shape index (κ3) is 2.58. The molecule has 1 aliphatic rings. The zero-order valence-corrected chi connectivity index (χ0v) is 13.1. The number of nitrogens with zero attached hydrogens (tertiary/aromatic N) is 1. The third-order valence-electron chi connectivity index (χ3n) is 3.99. The van der Waals surface area contributed by atoms with Crippen molar-refractivity contribution in [2.75, 3.05) is 6.54 Å². The van der Waals surface area contributed by atoms with E-state index in [2.05, 4.69) is 0 Å². The first kappa shape index (κ1) is 14.9. The number of carbonyl (C=O) groups excluding carboxylic acids is 1. The molecular weight excluding hydrogens is 298 g/mol. The predicted molar refractivity (Wildman–Crippen MR) is 84.0 cm³/mol. The zero-order valence-electron chi connectivity index (χ0n) is 12.3. The van der Waals surface area contributed by atoms with Crippen molar-refractivity contribution in [2.45, 2.75) is 23.8 Å². The van der Waals surface area contributed by atoms with E-state index in [1.807, 2.05) is 37.3 Å². The molecule has 0 aliphatic carbocycles. The Morgan fingerprint density at radius 1 is 1.09 bits per heavy atom. The summed E-state index contributed by atoms with van der Waals surface area (Å²) in [4.78, 5) is 11.8. The van der Waals surface area contributed by atoms with Gasteiger partial charge in [-0.2, -0.15) is 4.31 Å². The molecule has 0 N–H and O–H groups in total. The van der Waals surface area contributed by atoms with Crippen LogP contribution < -0.4 is 0 Å². The molecule has 1 saturated heterocycles. The maximum absolute atomic E-state index is 12.6. The second-order valence-electron chi connectivity index (χ2n) is 5.71. The van der Waals surface area contributed by atoms with E-state index < -0.39 is 15.6 Å². The molecule has 114 valence electrons. The minimum absolute atomic E-state index is 0.231. The van der Waals surface area contributed by atoms with Crippen LogP contribution in [0.15, 0.2) is 59.5 Å². The number of aryl methyl sites for hydroxylation is 1. The average Bonchev–Trinajstić information content (AvgIpc) is 3.24. The number of aldehydes is 1.